The molecule has 8 nitrogen and oxygen atoms in total. The van der Waals surface area contributed by atoms with Gasteiger partial charge < -0.3 is 10.6 Å². The number of carbonyl (C=O) groups excluding carboxylic acids is 1. The van der Waals surface area contributed by atoms with Crippen LogP contribution < -0.4 is 10.6 Å². The summed E-state index contributed by atoms with van der Waals surface area (Å²) in [6.45, 7) is 1.95. The van der Waals surface area contributed by atoms with Gasteiger partial charge in [-0.25, -0.2) is 19.9 Å². The molecule has 2 N–H and O–H groups in total. The number of nitrogens with one attached hydrogen (secondary N) is 2. The summed E-state index contributed by atoms with van der Waals surface area (Å²) >= 11 is 0. The number of carbonyl (C=O) groups is 1. The molecule has 0 spiro atoms. The molecule has 160 valence electrons. The topological polar surface area (TPSA) is 110 Å². The third-order valence-electron chi connectivity index (χ3n) is 4.71. The lowest BCUT2D eigenvalue weighted by Crippen LogP contribution is -2.12. The summed E-state index contributed by atoms with van der Waals surface area (Å²) in [5.41, 5.74) is 4.15. The van der Waals surface area contributed by atoms with Crippen LogP contribution in [0.5, 0.6) is 0 Å². The molecule has 2 aromatic heterocycles. The van der Waals surface area contributed by atoms with Crippen molar-refractivity contribution in [1.29, 1.82) is 0 Å². The molecule has 4 rings (SSSR count). The number of nitrogens with zero attached hydrogens (tertiary/aromatic N) is 4. The average molecular weight is 445 g/mol. The fourth-order valence-electron chi connectivity index (χ4n) is 3.02. The van der Waals surface area contributed by atoms with Crippen LogP contribution in [0.15, 0.2) is 78.5 Å². The maximum absolute atomic E-state index is 12.5. The van der Waals surface area contributed by atoms with Crippen LogP contribution in [0.25, 0.3) is 11.3 Å². The molecule has 0 fully saturated rings. The number of aryl methyl sites for hydroxylation is 1. The van der Waals surface area contributed by atoms with Crippen molar-refractivity contribution >= 4 is 33.9 Å². The zero-order valence-electron chi connectivity index (χ0n) is 17.4. The lowest BCUT2D eigenvalue weighted by molar-refractivity contribution is 0.102. The van der Waals surface area contributed by atoms with Gasteiger partial charge in [0.2, 0.25) is 0 Å². The molecule has 2 heterocycles. The minimum Gasteiger partial charge on any atom is -0.339 e. The summed E-state index contributed by atoms with van der Waals surface area (Å²) in [5.74, 6) is 0.338. The Hall–Kier alpha value is -3.98. The predicted octanol–water partition coefficient (Wildman–Crippen LogP) is 3.98. The van der Waals surface area contributed by atoms with E-state index in [1.54, 1.807) is 30.7 Å². The summed E-state index contributed by atoms with van der Waals surface area (Å²) < 4.78 is 11.8. The maximum atomic E-state index is 12.5. The number of rotatable bonds is 6. The molecule has 4 aromatic rings. The fourth-order valence-corrected chi connectivity index (χ4v) is 3.49. The summed E-state index contributed by atoms with van der Waals surface area (Å²) in [7, 11) is -1.24. The first-order valence-corrected chi connectivity index (χ1v) is 11.3. The molecular weight excluding hydrogens is 424 g/mol. The Kier molecular flexibility index (Phi) is 6.27. The zero-order chi connectivity index (χ0) is 22.5. The Balaban J connectivity index is 1.63. The summed E-state index contributed by atoms with van der Waals surface area (Å²) in [6.07, 6.45) is 6.00. The van der Waals surface area contributed by atoms with Gasteiger partial charge >= 0.3 is 0 Å². The summed E-state index contributed by atoms with van der Waals surface area (Å²) in [6, 6.07) is 16.3. The molecule has 32 heavy (non-hydrogen) atoms. The number of benzene rings is 2. The molecule has 9 heteroatoms. The van der Waals surface area contributed by atoms with Crippen LogP contribution in [0.3, 0.4) is 0 Å². The Morgan fingerprint density at radius 3 is 2.56 bits per heavy atom. The van der Waals surface area contributed by atoms with Crippen molar-refractivity contribution in [2.24, 2.45) is 0 Å². The van der Waals surface area contributed by atoms with E-state index in [1.807, 2.05) is 43.3 Å². The van der Waals surface area contributed by atoms with Gasteiger partial charge in [-0.05, 0) is 42.8 Å². The molecule has 0 aliphatic rings. The first-order chi connectivity index (χ1) is 15.5. The van der Waals surface area contributed by atoms with Crippen molar-refractivity contribution < 1.29 is 9.00 Å². The lowest BCUT2D eigenvalue weighted by Gasteiger charge is -2.14. The highest BCUT2D eigenvalue weighted by atomic mass is 32.2. The second-order valence-electron chi connectivity index (χ2n) is 6.96. The van der Waals surface area contributed by atoms with E-state index in [1.165, 1.54) is 12.7 Å². The van der Waals surface area contributed by atoms with Crippen molar-refractivity contribution in [2.75, 3.05) is 16.9 Å². The molecule has 1 unspecified atom stereocenters. The van der Waals surface area contributed by atoms with Crippen molar-refractivity contribution in [3.05, 3.63) is 84.6 Å². The van der Waals surface area contributed by atoms with Crippen LogP contribution in [0, 0.1) is 6.92 Å². The van der Waals surface area contributed by atoms with E-state index >= 15 is 0 Å². The molecule has 0 saturated heterocycles. The van der Waals surface area contributed by atoms with Crippen LogP contribution >= 0.6 is 0 Å². The number of hydrogen-bond acceptors (Lipinski definition) is 7. The highest BCUT2D eigenvalue weighted by molar-refractivity contribution is 7.84. The van der Waals surface area contributed by atoms with Crippen molar-refractivity contribution in [3.63, 3.8) is 0 Å². The minimum atomic E-state index is -1.24. The summed E-state index contributed by atoms with van der Waals surface area (Å²) in [4.78, 5) is 29.3. The van der Waals surface area contributed by atoms with E-state index in [-0.39, 0.29) is 5.91 Å². The predicted molar refractivity (Wildman–Crippen MR) is 124 cm³/mol. The van der Waals surface area contributed by atoms with Crippen LogP contribution in [0.1, 0.15) is 15.9 Å². The number of aromatic nitrogens is 4. The van der Waals surface area contributed by atoms with Crippen LogP contribution in [0.4, 0.5) is 17.2 Å². The average Bonchev–Trinajstić information content (AvgIpc) is 2.82. The quantitative estimate of drug-likeness (QED) is 0.433. The molecule has 1 atom stereocenters. The number of anilines is 3. The first kappa shape index (κ1) is 21.3. The van der Waals surface area contributed by atoms with Crippen LogP contribution in [-0.2, 0) is 10.8 Å². The normalized spacial score (nSPS) is 11.6. The molecule has 0 radical (unpaired) electrons. The van der Waals surface area contributed by atoms with Crippen molar-refractivity contribution in [2.45, 2.75) is 11.9 Å². The standard InChI is InChI=1S/C23H20N6O2S/c1-15-8-9-17(28-23(30)16-6-4-3-5-7-16)10-19(15)29-22-18(12-24-13-27-22)20-11-21(32(2)31)26-14-25-20/h3-14H,1-2H3,(H,28,30)(H,24,27,29). The van der Waals surface area contributed by atoms with E-state index in [0.717, 1.165) is 11.3 Å². The third kappa shape index (κ3) is 4.84. The van der Waals surface area contributed by atoms with Crippen LogP contribution in [-0.4, -0.2) is 36.3 Å². The Bertz CT molecular complexity index is 1300. The smallest absolute Gasteiger partial charge is 0.255 e. The molecule has 0 aliphatic heterocycles. The molecule has 0 aliphatic carbocycles. The van der Waals surface area contributed by atoms with Gasteiger partial charge in [0.05, 0.1) is 22.1 Å². The number of hydrogen-bond donors (Lipinski definition) is 2. The van der Waals surface area contributed by atoms with Gasteiger partial charge in [0.15, 0.2) is 0 Å². The van der Waals surface area contributed by atoms with E-state index < -0.39 is 10.8 Å². The monoisotopic (exact) mass is 444 g/mol. The number of amides is 1. The van der Waals surface area contributed by atoms with Crippen LogP contribution in [0.2, 0.25) is 0 Å². The van der Waals surface area contributed by atoms with Gasteiger partial charge in [0.25, 0.3) is 5.91 Å². The Morgan fingerprint density at radius 2 is 1.78 bits per heavy atom. The third-order valence-corrected chi connectivity index (χ3v) is 5.52. The molecule has 2 aromatic carbocycles. The zero-order valence-corrected chi connectivity index (χ0v) is 18.3. The fraction of sp³-hybridized carbons (Fsp3) is 0.0870. The van der Waals surface area contributed by atoms with Gasteiger partial charge in [0.1, 0.15) is 23.5 Å². The second kappa shape index (κ2) is 9.44. The van der Waals surface area contributed by atoms with Gasteiger partial charge in [-0.2, -0.15) is 0 Å². The van der Waals surface area contributed by atoms with E-state index in [4.69, 9.17) is 0 Å². The Morgan fingerprint density at radius 1 is 0.969 bits per heavy atom. The van der Waals surface area contributed by atoms with Crippen molar-refractivity contribution in [1.82, 2.24) is 19.9 Å². The van der Waals surface area contributed by atoms with E-state index in [9.17, 15) is 9.00 Å². The SMILES string of the molecule is Cc1ccc(NC(=O)c2ccccc2)cc1Nc1ncncc1-c1cc(S(C)=O)ncn1. The van der Waals surface area contributed by atoms with Crippen molar-refractivity contribution in [3.8, 4) is 11.3 Å². The largest absolute Gasteiger partial charge is 0.339 e. The van der Waals surface area contributed by atoms with Gasteiger partial charge in [0, 0.05) is 29.4 Å². The lowest BCUT2D eigenvalue weighted by atomic mass is 10.1. The second-order valence-corrected chi connectivity index (χ2v) is 8.28. The minimum absolute atomic E-state index is 0.191. The molecule has 0 saturated carbocycles. The molecule has 1 amide bonds. The first-order valence-electron chi connectivity index (χ1n) is 9.71. The highest BCUT2D eigenvalue weighted by Gasteiger charge is 2.13. The van der Waals surface area contributed by atoms with Gasteiger partial charge in [-0.15, -0.1) is 0 Å². The Labute approximate surface area is 187 Å². The van der Waals surface area contributed by atoms with Gasteiger partial charge in [-0.3, -0.25) is 9.00 Å². The summed E-state index contributed by atoms with van der Waals surface area (Å²) in [5, 5.41) is 6.64. The van der Waals surface area contributed by atoms with E-state index in [0.29, 0.717) is 33.4 Å². The maximum Gasteiger partial charge on any atom is 0.255 e. The molecule has 0 bridgehead atoms. The van der Waals surface area contributed by atoms with Gasteiger partial charge in [-0.1, -0.05) is 24.3 Å². The molecular formula is C23H20N6O2S. The van der Waals surface area contributed by atoms with E-state index in [2.05, 4.69) is 30.6 Å². The highest BCUT2D eigenvalue weighted by Crippen LogP contribution is 2.29.